The number of hydrogen-bond donors (Lipinski definition) is 1. The Labute approximate surface area is 221 Å². The van der Waals surface area contributed by atoms with Crippen molar-refractivity contribution in [3.05, 3.63) is 97.7 Å². The van der Waals surface area contributed by atoms with Crippen molar-refractivity contribution >= 4 is 50.1 Å². The number of carbonyl (C=O) groups is 1. The van der Waals surface area contributed by atoms with Crippen LogP contribution in [-0.4, -0.2) is 28.7 Å². The van der Waals surface area contributed by atoms with E-state index in [4.69, 9.17) is 21.4 Å². The average Bonchev–Trinajstić information content (AvgIpc) is 3.33. The predicted octanol–water partition coefficient (Wildman–Crippen LogP) is 6.71. The molecule has 1 aliphatic rings. The number of H-pyrrole nitrogens is 1. The number of fused-ring (bicyclic) bond motifs is 1. The van der Waals surface area contributed by atoms with Gasteiger partial charge in [0.15, 0.2) is 0 Å². The summed E-state index contributed by atoms with van der Waals surface area (Å²) in [5, 5.41) is 7.57. The molecule has 0 unspecified atom stereocenters. The topological polar surface area (TPSA) is 74.8 Å². The number of aromatic amines is 1. The van der Waals surface area contributed by atoms with Gasteiger partial charge in [-0.15, -0.1) is 0 Å². The number of methoxy groups -OCH3 is 1. The van der Waals surface area contributed by atoms with Crippen LogP contribution in [0, 0.1) is 0 Å². The van der Waals surface area contributed by atoms with Gasteiger partial charge in [-0.2, -0.15) is 5.10 Å². The molecule has 0 radical (unpaired) electrons. The number of pyridine rings is 1. The summed E-state index contributed by atoms with van der Waals surface area (Å²) in [5.41, 5.74) is 3.64. The number of carbonyl (C=O) groups excluding carboxylic acids is 1. The van der Waals surface area contributed by atoms with E-state index in [9.17, 15) is 9.59 Å². The van der Waals surface area contributed by atoms with Crippen LogP contribution in [0.5, 0.6) is 5.75 Å². The Balaban J connectivity index is 1.75. The molecule has 1 atom stereocenters. The first kappa shape index (κ1) is 24.3. The number of halogens is 2. The molecule has 0 saturated heterocycles. The number of nitrogens with one attached hydrogen (secondary N) is 1. The molecule has 8 heteroatoms. The zero-order chi connectivity index (χ0) is 25.4. The molecule has 1 aromatic heterocycles. The lowest BCUT2D eigenvalue weighted by molar-refractivity contribution is -0.132. The average molecular weight is 565 g/mol. The van der Waals surface area contributed by atoms with Gasteiger partial charge in [-0.05, 0) is 42.0 Å². The summed E-state index contributed by atoms with van der Waals surface area (Å²) in [5.74, 6) is 0.562. The van der Waals surface area contributed by atoms with E-state index in [1.807, 2.05) is 60.7 Å². The van der Waals surface area contributed by atoms with Crippen LogP contribution in [0.25, 0.3) is 22.0 Å². The standard InChI is InChI=1S/C28H23BrClN3O3/c1-3-25(34)33-24(16-7-6-8-18(13-16)36-2)15-23(32-33)27-26(19-9-4-5-10-21(19)30)20-14-17(29)11-12-22(20)31-28(27)35/h4-14,24H,3,15H2,1-2H3,(H,31,35)/t24-/m0/s1. The van der Waals surface area contributed by atoms with Crippen molar-refractivity contribution in [3.8, 4) is 16.9 Å². The molecule has 6 nitrogen and oxygen atoms in total. The molecule has 2 heterocycles. The van der Waals surface area contributed by atoms with Crippen molar-refractivity contribution in [3.63, 3.8) is 0 Å². The number of nitrogens with zero attached hydrogens (tertiary/aromatic N) is 2. The fraction of sp³-hybridized carbons (Fsp3) is 0.179. The fourth-order valence-corrected chi connectivity index (χ4v) is 5.24. The van der Waals surface area contributed by atoms with Gasteiger partial charge < -0.3 is 9.72 Å². The van der Waals surface area contributed by atoms with Crippen LogP contribution in [0.4, 0.5) is 0 Å². The highest BCUT2D eigenvalue weighted by Gasteiger charge is 2.35. The predicted molar refractivity (Wildman–Crippen MR) is 147 cm³/mol. The highest BCUT2D eigenvalue weighted by Crippen LogP contribution is 2.40. The second kappa shape index (κ2) is 9.91. The number of aromatic nitrogens is 1. The lowest BCUT2D eigenvalue weighted by Gasteiger charge is -2.21. The van der Waals surface area contributed by atoms with Gasteiger partial charge in [0.2, 0.25) is 5.91 Å². The van der Waals surface area contributed by atoms with Crippen LogP contribution >= 0.6 is 27.5 Å². The van der Waals surface area contributed by atoms with Gasteiger partial charge in [0.05, 0.1) is 24.4 Å². The van der Waals surface area contributed by atoms with Gasteiger partial charge in [-0.25, -0.2) is 5.01 Å². The van der Waals surface area contributed by atoms with Gasteiger partial charge in [-0.3, -0.25) is 9.59 Å². The van der Waals surface area contributed by atoms with Crippen molar-refractivity contribution in [2.75, 3.05) is 7.11 Å². The van der Waals surface area contributed by atoms with Crippen LogP contribution in [-0.2, 0) is 4.79 Å². The number of hydrazone groups is 1. The van der Waals surface area contributed by atoms with Crippen molar-refractivity contribution in [2.45, 2.75) is 25.8 Å². The molecule has 3 aromatic carbocycles. The largest absolute Gasteiger partial charge is 0.497 e. The normalized spacial score (nSPS) is 15.3. The highest BCUT2D eigenvalue weighted by molar-refractivity contribution is 9.10. The summed E-state index contributed by atoms with van der Waals surface area (Å²) < 4.78 is 6.27. The molecule has 1 amide bonds. The van der Waals surface area contributed by atoms with Crippen molar-refractivity contribution in [1.82, 2.24) is 9.99 Å². The second-order valence-electron chi connectivity index (χ2n) is 8.51. The Morgan fingerprint density at radius 3 is 2.69 bits per heavy atom. The van der Waals surface area contributed by atoms with Crippen LogP contribution in [0.15, 0.2) is 81.1 Å². The first-order valence-electron chi connectivity index (χ1n) is 11.6. The minimum atomic E-state index is -0.362. The van der Waals surface area contributed by atoms with E-state index in [0.29, 0.717) is 39.5 Å². The van der Waals surface area contributed by atoms with Crippen molar-refractivity contribution in [1.29, 1.82) is 0 Å². The number of ether oxygens (including phenoxy) is 1. The summed E-state index contributed by atoms with van der Waals surface area (Å²) in [7, 11) is 1.60. The van der Waals surface area contributed by atoms with Crippen molar-refractivity contribution < 1.29 is 9.53 Å². The molecule has 1 N–H and O–H groups in total. The van der Waals surface area contributed by atoms with E-state index < -0.39 is 0 Å². The lowest BCUT2D eigenvalue weighted by Crippen LogP contribution is -2.26. The summed E-state index contributed by atoms with van der Waals surface area (Å²) in [6, 6.07) is 20.3. The molecular weight excluding hydrogens is 542 g/mol. The molecule has 0 saturated carbocycles. The lowest BCUT2D eigenvalue weighted by atomic mass is 9.91. The monoisotopic (exact) mass is 563 g/mol. The van der Waals surface area contributed by atoms with Crippen LogP contribution in [0.2, 0.25) is 5.02 Å². The van der Waals surface area contributed by atoms with Gasteiger partial charge in [0.1, 0.15) is 5.75 Å². The molecule has 1 aliphatic heterocycles. The Morgan fingerprint density at radius 1 is 1.14 bits per heavy atom. The molecule has 0 bridgehead atoms. The number of amides is 1. The van der Waals surface area contributed by atoms with E-state index in [-0.39, 0.29) is 23.9 Å². The molecule has 0 fully saturated rings. The molecule has 4 aromatic rings. The molecular formula is C28H23BrClN3O3. The van der Waals surface area contributed by atoms with Gasteiger partial charge in [0.25, 0.3) is 5.56 Å². The first-order chi connectivity index (χ1) is 17.4. The Hall–Kier alpha value is -3.42. The van der Waals surface area contributed by atoms with E-state index in [2.05, 4.69) is 20.9 Å². The smallest absolute Gasteiger partial charge is 0.258 e. The van der Waals surface area contributed by atoms with Gasteiger partial charge in [-0.1, -0.05) is 64.8 Å². The maximum atomic E-state index is 13.6. The maximum Gasteiger partial charge on any atom is 0.258 e. The van der Waals surface area contributed by atoms with Crippen LogP contribution in [0.1, 0.15) is 36.9 Å². The molecule has 0 spiro atoms. The van der Waals surface area contributed by atoms with Gasteiger partial charge in [0, 0.05) is 44.4 Å². The van der Waals surface area contributed by atoms with Gasteiger partial charge >= 0.3 is 0 Å². The van der Waals surface area contributed by atoms with Crippen molar-refractivity contribution in [2.24, 2.45) is 5.10 Å². The Kier molecular flexibility index (Phi) is 6.69. The minimum absolute atomic E-state index is 0.128. The molecule has 5 rings (SSSR count). The summed E-state index contributed by atoms with van der Waals surface area (Å²) in [6.45, 7) is 1.80. The third kappa shape index (κ3) is 4.33. The Morgan fingerprint density at radius 2 is 1.94 bits per heavy atom. The zero-order valence-corrected chi connectivity index (χ0v) is 22.1. The number of benzene rings is 3. The van der Waals surface area contributed by atoms with Crippen LogP contribution in [0.3, 0.4) is 0 Å². The molecule has 36 heavy (non-hydrogen) atoms. The number of hydrogen-bond acceptors (Lipinski definition) is 4. The zero-order valence-electron chi connectivity index (χ0n) is 19.7. The second-order valence-corrected chi connectivity index (χ2v) is 9.83. The third-order valence-electron chi connectivity index (χ3n) is 6.35. The summed E-state index contributed by atoms with van der Waals surface area (Å²) in [6.07, 6.45) is 0.661. The SMILES string of the molecule is CCC(=O)N1N=C(c2c(-c3ccccc3Cl)c3cc(Br)ccc3[nH]c2=O)C[C@H]1c1cccc(OC)c1. The highest BCUT2D eigenvalue weighted by atomic mass is 79.9. The molecule has 182 valence electrons. The van der Waals surface area contributed by atoms with E-state index >= 15 is 0 Å². The minimum Gasteiger partial charge on any atom is -0.497 e. The summed E-state index contributed by atoms with van der Waals surface area (Å²) >= 11 is 10.2. The third-order valence-corrected chi connectivity index (χ3v) is 7.18. The van der Waals surface area contributed by atoms with E-state index in [1.165, 1.54) is 5.01 Å². The number of rotatable bonds is 5. The fourth-order valence-electron chi connectivity index (χ4n) is 4.65. The molecule has 0 aliphatic carbocycles. The van der Waals surface area contributed by atoms with Crippen LogP contribution < -0.4 is 10.3 Å². The Bertz CT molecular complexity index is 1580. The maximum absolute atomic E-state index is 13.6. The first-order valence-corrected chi connectivity index (χ1v) is 12.7. The summed E-state index contributed by atoms with van der Waals surface area (Å²) in [4.78, 5) is 29.5. The quantitative estimate of drug-likeness (QED) is 0.293. The van der Waals surface area contributed by atoms with E-state index in [1.54, 1.807) is 20.1 Å². The van der Waals surface area contributed by atoms with E-state index in [0.717, 1.165) is 21.0 Å².